The molecule has 1 aliphatic rings. The van der Waals surface area contributed by atoms with Crippen LogP contribution in [-0.4, -0.2) is 37.5 Å². The summed E-state index contributed by atoms with van der Waals surface area (Å²) in [4.78, 5) is 13.8. The van der Waals surface area contributed by atoms with Gasteiger partial charge in [0.05, 0.1) is 5.92 Å². The van der Waals surface area contributed by atoms with E-state index in [-0.39, 0.29) is 11.8 Å². The lowest BCUT2D eigenvalue weighted by molar-refractivity contribution is -0.135. The van der Waals surface area contributed by atoms with Crippen molar-refractivity contribution in [2.24, 2.45) is 5.92 Å². The van der Waals surface area contributed by atoms with Gasteiger partial charge in [-0.15, -0.1) is 0 Å². The molecule has 0 aliphatic carbocycles. The van der Waals surface area contributed by atoms with E-state index >= 15 is 0 Å². The summed E-state index contributed by atoms with van der Waals surface area (Å²) in [6, 6.07) is 8.68. The molecular weight excluding hydrogens is 224 g/mol. The van der Waals surface area contributed by atoms with Gasteiger partial charge in [-0.1, -0.05) is 31.2 Å². The molecule has 1 heterocycles. The minimum atomic E-state index is 0.206. The van der Waals surface area contributed by atoms with Crippen molar-refractivity contribution in [2.45, 2.75) is 19.8 Å². The Morgan fingerprint density at radius 3 is 2.39 bits per heavy atom. The fraction of sp³-hybridized carbons (Fsp3) is 0.533. The van der Waals surface area contributed by atoms with Crippen molar-refractivity contribution in [3.8, 4) is 0 Å². The van der Waals surface area contributed by atoms with Crippen molar-refractivity contribution < 1.29 is 4.79 Å². The molecule has 3 heteroatoms. The number of hydrogen-bond acceptors (Lipinski definition) is 2. The number of aryl methyl sites for hydroxylation is 1. The van der Waals surface area contributed by atoms with Crippen LogP contribution in [0.3, 0.4) is 0 Å². The average Bonchev–Trinajstić information content (AvgIpc) is 2.34. The van der Waals surface area contributed by atoms with E-state index in [1.807, 2.05) is 11.9 Å². The monoisotopic (exact) mass is 246 g/mol. The van der Waals surface area contributed by atoms with E-state index < -0.39 is 0 Å². The Labute approximate surface area is 109 Å². The van der Waals surface area contributed by atoms with Crippen molar-refractivity contribution in [3.05, 3.63) is 35.4 Å². The lowest BCUT2D eigenvalue weighted by Crippen LogP contribution is -2.51. The largest absolute Gasteiger partial charge is 0.345 e. The Bertz CT molecular complexity index is 395. The standard InChI is InChI=1S/C15H22N2O/c1-3-12-4-6-13(7-5-12)8-9-17(2)15(18)14-10-16-11-14/h4-7,14,16H,3,8-11H2,1-2H3. The Morgan fingerprint density at radius 1 is 1.28 bits per heavy atom. The van der Waals surface area contributed by atoms with Gasteiger partial charge in [-0.2, -0.15) is 0 Å². The highest BCUT2D eigenvalue weighted by Crippen LogP contribution is 2.09. The topological polar surface area (TPSA) is 32.3 Å². The number of carbonyl (C=O) groups is 1. The van der Waals surface area contributed by atoms with Crippen LogP contribution in [-0.2, 0) is 17.6 Å². The van der Waals surface area contributed by atoms with Crippen molar-refractivity contribution in [3.63, 3.8) is 0 Å². The summed E-state index contributed by atoms with van der Waals surface area (Å²) < 4.78 is 0. The predicted octanol–water partition coefficient (Wildman–Crippen LogP) is 1.47. The third-order valence-corrected chi connectivity index (χ3v) is 3.67. The van der Waals surface area contributed by atoms with Crippen LogP contribution in [0.5, 0.6) is 0 Å². The van der Waals surface area contributed by atoms with Crippen LogP contribution in [0.1, 0.15) is 18.1 Å². The number of benzene rings is 1. The lowest BCUT2D eigenvalue weighted by Gasteiger charge is -2.30. The zero-order valence-electron chi connectivity index (χ0n) is 11.3. The zero-order chi connectivity index (χ0) is 13.0. The molecule has 2 rings (SSSR count). The molecule has 1 aromatic carbocycles. The number of amides is 1. The second-order valence-electron chi connectivity index (χ2n) is 5.04. The van der Waals surface area contributed by atoms with Crippen LogP contribution in [0.4, 0.5) is 0 Å². The summed E-state index contributed by atoms with van der Waals surface area (Å²) in [5, 5.41) is 3.14. The summed E-state index contributed by atoms with van der Waals surface area (Å²) in [7, 11) is 1.90. The summed E-state index contributed by atoms with van der Waals surface area (Å²) in [5.41, 5.74) is 2.67. The van der Waals surface area contributed by atoms with Crippen LogP contribution >= 0.6 is 0 Å². The normalized spacial score (nSPS) is 15.2. The number of nitrogens with zero attached hydrogens (tertiary/aromatic N) is 1. The van der Waals surface area contributed by atoms with E-state index in [9.17, 15) is 4.79 Å². The van der Waals surface area contributed by atoms with Crippen LogP contribution in [0.15, 0.2) is 24.3 Å². The molecule has 0 radical (unpaired) electrons. The number of rotatable bonds is 5. The SMILES string of the molecule is CCc1ccc(CCN(C)C(=O)C2CNC2)cc1. The van der Waals surface area contributed by atoms with E-state index in [1.54, 1.807) is 0 Å². The summed E-state index contributed by atoms with van der Waals surface area (Å²) in [6.07, 6.45) is 2.01. The first-order valence-electron chi connectivity index (χ1n) is 6.74. The fourth-order valence-corrected chi connectivity index (χ4v) is 2.12. The highest BCUT2D eigenvalue weighted by atomic mass is 16.2. The lowest BCUT2D eigenvalue weighted by atomic mass is 10.0. The molecular formula is C15H22N2O. The van der Waals surface area contributed by atoms with Crippen LogP contribution in [0, 0.1) is 5.92 Å². The molecule has 1 aromatic rings. The molecule has 18 heavy (non-hydrogen) atoms. The predicted molar refractivity (Wildman–Crippen MR) is 73.5 cm³/mol. The smallest absolute Gasteiger partial charge is 0.228 e. The second-order valence-corrected chi connectivity index (χ2v) is 5.04. The summed E-state index contributed by atoms with van der Waals surface area (Å²) in [6.45, 7) is 4.65. The quantitative estimate of drug-likeness (QED) is 0.853. The molecule has 0 unspecified atom stereocenters. The first-order valence-corrected chi connectivity index (χ1v) is 6.74. The summed E-state index contributed by atoms with van der Waals surface area (Å²) >= 11 is 0. The van der Waals surface area contributed by atoms with E-state index in [1.165, 1.54) is 11.1 Å². The molecule has 1 fully saturated rings. The molecule has 1 N–H and O–H groups in total. The molecule has 0 atom stereocenters. The molecule has 1 aliphatic heterocycles. The molecule has 1 amide bonds. The van der Waals surface area contributed by atoms with Crippen molar-refractivity contribution in [1.29, 1.82) is 0 Å². The second kappa shape index (κ2) is 6.01. The van der Waals surface area contributed by atoms with E-state index in [4.69, 9.17) is 0 Å². The van der Waals surface area contributed by atoms with E-state index in [2.05, 4.69) is 36.5 Å². The van der Waals surface area contributed by atoms with Gasteiger partial charge < -0.3 is 10.2 Å². The molecule has 0 saturated carbocycles. The summed E-state index contributed by atoms with van der Waals surface area (Å²) in [5.74, 6) is 0.483. The third kappa shape index (κ3) is 3.10. The Hall–Kier alpha value is -1.35. The van der Waals surface area contributed by atoms with Gasteiger partial charge in [-0.25, -0.2) is 0 Å². The average molecular weight is 246 g/mol. The minimum absolute atomic E-state index is 0.206. The number of carbonyl (C=O) groups excluding carboxylic acids is 1. The molecule has 98 valence electrons. The molecule has 0 aromatic heterocycles. The van der Waals surface area contributed by atoms with Gasteiger partial charge >= 0.3 is 0 Å². The van der Waals surface area contributed by atoms with Gasteiger partial charge in [-0.3, -0.25) is 4.79 Å². The van der Waals surface area contributed by atoms with Crippen molar-refractivity contribution in [2.75, 3.05) is 26.7 Å². The highest BCUT2D eigenvalue weighted by molar-refractivity contribution is 5.79. The Kier molecular flexibility index (Phi) is 4.37. The van der Waals surface area contributed by atoms with E-state index in [0.29, 0.717) is 0 Å². The Balaban J connectivity index is 1.80. The van der Waals surface area contributed by atoms with Gasteiger partial charge in [0.1, 0.15) is 0 Å². The molecule has 3 nitrogen and oxygen atoms in total. The van der Waals surface area contributed by atoms with Crippen LogP contribution < -0.4 is 5.32 Å². The maximum atomic E-state index is 11.9. The van der Waals surface area contributed by atoms with Crippen LogP contribution in [0.25, 0.3) is 0 Å². The minimum Gasteiger partial charge on any atom is -0.345 e. The fourth-order valence-electron chi connectivity index (χ4n) is 2.12. The first kappa shape index (κ1) is 13.1. The van der Waals surface area contributed by atoms with E-state index in [0.717, 1.165) is 32.5 Å². The number of hydrogen-bond donors (Lipinski definition) is 1. The van der Waals surface area contributed by atoms with Gasteiger partial charge in [0, 0.05) is 26.7 Å². The van der Waals surface area contributed by atoms with Crippen molar-refractivity contribution >= 4 is 5.91 Å². The third-order valence-electron chi connectivity index (χ3n) is 3.67. The van der Waals surface area contributed by atoms with Crippen molar-refractivity contribution in [1.82, 2.24) is 10.2 Å². The highest BCUT2D eigenvalue weighted by Gasteiger charge is 2.27. The van der Waals surface area contributed by atoms with Gasteiger partial charge in [-0.05, 0) is 24.0 Å². The van der Waals surface area contributed by atoms with Gasteiger partial charge in [0.15, 0.2) is 0 Å². The molecule has 0 spiro atoms. The maximum Gasteiger partial charge on any atom is 0.228 e. The molecule has 1 saturated heterocycles. The maximum absolute atomic E-state index is 11.9. The van der Waals surface area contributed by atoms with Gasteiger partial charge in [0.2, 0.25) is 5.91 Å². The van der Waals surface area contributed by atoms with Crippen LogP contribution in [0.2, 0.25) is 0 Å². The molecule has 0 bridgehead atoms. The number of nitrogens with one attached hydrogen (secondary N) is 1. The van der Waals surface area contributed by atoms with Gasteiger partial charge in [0.25, 0.3) is 0 Å². The number of likely N-dealkylation sites (N-methyl/N-ethyl adjacent to an activating group) is 1. The zero-order valence-corrected chi connectivity index (χ0v) is 11.3. The first-order chi connectivity index (χ1) is 8.70. The Morgan fingerprint density at radius 2 is 1.89 bits per heavy atom.